The van der Waals surface area contributed by atoms with Crippen LogP contribution < -0.4 is 4.74 Å². The van der Waals surface area contributed by atoms with Gasteiger partial charge in [-0.1, -0.05) is 0 Å². The monoisotopic (exact) mass is 389 g/mol. The third kappa shape index (κ3) is 3.85. The van der Waals surface area contributed by atoms with Gasteiger partial charge in [0.1, 0.15) is 6.67 Å². The van der Waals surface area contributed by atoms with E-state index in [1.54, 1.807) is 0 Å². The summed E-state index contributed by atoms with van der Waals surface area (Å²) in [5, 5.41) is 0. The Bertz CT molecular complexity index is 442. The highest BCUT2D eigenvalue weighted by Gasteiger charge is 2.39. The fourth-order valence-electron chi connectivity index (χ4n) is 1.04. The average molecular weight is 389 g/mol. The first kappa shape index (κ1) is 15.2. The van der Waals surface area contributed by atoms with Crippen molar-refractivity contribution in [3.63, 3.8) is 0 Å². The Morgan fingerprint density at radius 2 is 1.72 bits per heavy atom. The molecule has 0 atom stereocenters. The maximum Gasteiger partial charge on any atom is 0.574 e. The van der Waals surface area contributed by atoms with Gasteiger partial charge >= 0.3 is 12.5 Å². The quantitative estimate of drug-likeness (QED) is 0.562. The van der Waals surface area contributed by atoms with Crippen LogP contribution in [0.2, 0.25) is 0 Å². The predicted molar refractivity (Wildman–Crippen MR) is 53.5 cm³/mol. The van der Waals surface area contributed by atoms with E-state index in [9.17, 15) is 30.7 Å². The van der Waals surface area contributed by atoms with Gasteiger partial charge in [0.15, 0.2) is 5.69 Å². The minimum absolute atomic E-state index is 0.370. The first-order chi connectivity index (χ1) is 8.04. The van der Waals surface area contributed by atoms with E-state index < -0.39 is 36.4 Å². The molecule has 0 aliphatic carbocycles. The zero-order valence-electron chi connectivity index (χ0n) is 8.16. The molecule has 0 saturated carbocycles. The molecule has 0 radical (unpaired) electrons. The normalized spacial score (nSPS) is 12.7. The van der Waals surface area contributed by atoms with Gasteiger partial charge in [-0.2, -0.15) is 13.2 Å². The van der Waals surface area contributed by atoms with Crippen molar-refractivity contribution in [2.24, 2.45) is 0 Å². The third-order valence-electron chi connectivity index (χ3n) is 1.65. The first-order valence-corrected chi connectivity index (χ1v) is 5.21. The summed E-state index contributed by atoms with van der Waals surface area (Å²) in [5.41, 5.74) is -2.58. The molecular weight excluding hydrogens is 386 g/mol. The molecule has 0 fully saturated rings. The molecule has 0 N–H and O–H groups in total. The molecule has 0 amide bonds. The van der Waals surface area contributed by atoms with Crippen molar-refractivity contribution >= 4 is 22.6 Å². The number of rotatable bonds is 2. The number of halogens is 8. The van der Waals surface area contributed by atoms with Gasteiger partial charge in [-0.15, -0.1) is 13.2 Å². The van der Waals surface area contributed by atoms with E-state index in [4.69, 9.17) is 0 Å². The van der Waals surface area contributed by atoms with Gasteiger partial charge < -0.3 is 4.74 Å². The molecule has 18 heavy (non-hydrogen) atoms. The van der Waals surface area contributed by atoms with Crippen molar-refractivity contribution < 1.29 is 35.5 Å². The van der Waals surface area contributed by atoms with Gasteiger partial charge in [0.25, 0.3) is 0 Å². The second-order valence-corrected chi connectivity index (χ2v) is 4.12. The zero-order chi connectivity index (χ0) is 14.1. The van der Waals surface area contributed by atoms with E-state index in [1.165, 1.54) is 22.6 Å². The molecule has 1 aromatic rings. The lowest BCUT2D eigenvalue weighted by molar-refractivity contribution is -0.276. The molecule has 10 heteroatoms. The van der Waals surface area contributed by atoms with Crippen LogP contribution in [0.1, 0.15) is 11.3 Å². The predicted octanol–water partition coefficient (Wildman–Crippen LogP) is 4.07. The molecular formula is C8H3F7INO. The third-order valence-corrected chi connectivity index (χ3v) is 2.42. The topological polar surface area (TPSA) is 22.1 Å². The fraction of sp³-hybridized carbons (Fsp3) is 0.375. The lowest BCUT2D eigenvalue weighted by atomic mass is 10.2. The van der Waals surface area contributed by atoms with Gasteiger partial charge in [-0.05, 0) is 28.7 Å². The van der Waals surface area contributed by atoms with E-state index in [-0.39, 0.29) is 3.57 Å². The summed E-state index contributed by atoms with van der Waals surface area (Å²) in [7, 11) is 0. The number of nitrogens with zero attached hydrogens (tertiary/aromatic N) is 1. The highest BCUT2D eigenvalue weighted by atomic mass is 127. The van der Waals surface area contributed by atoms with Crippen LogP contribution in [0.4, 0.5) is 30.7 Å². The molecule has 0 saturated heterocycles. The fourth-order valence-corrected chi connectivity index (χ4v) is 1.64. The SMILES string of the molecule is FCc1cc(I)c(OC(F)(F)F)nc1C(F)(F)F. The molecule has 0 unspecified atom stereocenters. The van der Waals surface area contributed by atoms with Crippen molar-refractivity contribution in [3.8, 4) is 5.88 Å². The number of hydrogen-bond donors (Lipinski definition) is 0. The highest BCUT2D eigenvalue weighted by molar-refractivity contribution is 14.1. The minimum Gasteiger partial charge on any atom is -0.387 e. The molecule has 0 spiro atoms. The summed E-state index contributed by atoms with van der Waals surface area (Å²) in [5.74, 6) is -1.26. The molecule has 0 aliphatic rings. The van der Waals surface area contributed by atoms with Crippen LogP contribution in [-0.2, 0) is 12.9 Å². The summed E-state index contributed by atoms with van der Waals surface area (Å²) in [6.07, 6.45) is -10.2. The molecule has 2 nitrogen and oxygen atoms in total. The number of aromatic nitrogens is 1. The lowest BCUT2D eigenvalue weighted by Crippen LogP contribution is -2.21. The van der Waals surface area contributed by atoms with Crippen molar-refractivity contribution in [2.45, 2.75) is 19.2 Å². The van der Waals surface area contributed by atoms with Gasteiger partial charge in [-0.3, -0.25) is 0 Å². The summed E-state index contributed by atoms with van der Waals surface area (Å²) in [6.45, 7) is -1.50. The summed E-state index contributed by atoms with van der Waals surface area (Å²) < 4.78 is 88.3. The number of pyridine rings is 1. The second-order valence-electron chi connectivity index (χ2n) is 2.96. The number of alkyl halides is 7. The summed E-state index contributed by atoms with van der Waals surface area (Å²) in [6, 6.07) is 0.609. The van der Waals surface area contributed by atoms with Crippen LogP contribution in [0.5, 0.6) is 5.88 Å². The Balaban J connectivity index is 3.31. The first-order valence-electron chi connectivity index (χ1n) is 4.13. The van der Waals surface area contributed by atoms with Gasteiger partial charge in [0.2, 0.25) is 5.88 Å². The maximum atomic E-state index is 12.4. The Kier molecular flexibility index (Phi) is 4.28. The highest BCUT2D eigenvalue weighted by Crippen LogP contribution is 2.35. The lowest BCUT2D eigenvalue weighted by Gasteiger charge is -2.14. The van der Waals surface area contributed by atoms with Crippen LogP contribution in [0, 0.1) is 3.57 Å². The summed E-state index contributed by atoms with van der Waals surface area (Å²) >= 11 is 1.27. The molecule has 0 bridgehead atoms. The van der Waals surface area contributed by atoms with Gasteiger partial charge in [0.05, 0.1) is 3.57 Å². The average Bonchev–Trinajstić information content (AvgIpc) is 2.16. The molecule has 0 aliphatic heterocycles. The van der Waals surface area contributed by atoms with Crippen LogP contribution in [0.15, 0.2) is 6.07 Å². The van der Waals surface area contributed by atoms with E-state index in [2.05, 4.69) is 9.72 Å². The van der Waals surface area contributed by atoms with Crippen molar-refractivity contribution in [2.75, 3.05) is 0 Å². The Hall–Kier alpha value is -0.810. The van der Waals surface area contributed by atoms with Gasteiger partial charge in [0, 0.05) is 5.56 Å². The molecule has 1 aromatic heterocycles. The van der Waals surface area contributed by atoms with Crippen LogP contribution in [0.25, 0.3) is 0 Å². The Morgan fingerprint density at radius 1 is 1.17 bits per heavy atom. The largest absolute Gasteiger partial charge is 0.574 e. The van der Waals surface area contributed by atoms with Crippen molar-refractivity contribution in [1.82, 2.24) is 4.98 Å². The van der Waals surface area contributed by atoms with E-state index in [1.807, 2.05) is 0 Å². The zero-order valence-corrected chi connectivity index (χ0v) is 10.3. The van der Waals surface area contributed by atoms with E-state index >= 15 is 0 Å². The molecule has 1 rings (SSSR count). The van der Waals surface area contributed by atoms with Crippen molar-refractivity contribution in [3.05, 3.63) is 20.9 Å². The number of hydrogen-bond acceptors (Lipinski definition) is 2. The van der Waals surface area contributed by atoms with Crippen LogP contribution in [-0.4, -0.2) is 11.3 Å². The van der Waals surface area contributed by atoms with E-state index in [0.29, 0.717) is 6.07 Å². The molecule has 1 heterocycles. The van der Waals surface area contributed by atoms with Gasteiger partial charge in [-0.25, -0.2) is 9.37 Å². The van der Waals surface area contributed by atoms with Crippen LogP contribution in [0.3, 0.4) is 0 Å². The second kappa shape index (κ2) is 5.05. The van der Waals surface area contributed by atoms with Crippen molar-refractivity contribution in [1.29, 1.82) is 0 Å². The number of ether oxygens (including phenoxy) is 1. The summed E-state index contributed by atoms with van der Waals surface area (Å²) in [4.78, 5) is 2.68. The molecule has 0 aromatic carbocycles. The Morgan fingerprint density at radius 3 is 2.11 bits per heavy atom. The van der Waals surface area contributed by atoms with E-state index in [0.717, 1.165) is 0 Å². The minimum atomic E-state index is -5.17. The smallest absolute Gasteiger partial charge is 0.387 e. The molecule has 102 valence electrons. The van der Waals surface area contributed by atoms with Crippen LogP contribution >= 0.6 is 22.6 Å². The maximum absolute atomic E-state index is 12.4. The Labute approximate surface area is 109 Å². The standard InChI is InChI=1S/C8H3F7INO/c9-2-3-1-4(16)6(18-8(13,14)15)17-5(3)7(10,11)12/h1H,2H2.